The van der Waals surface area contributed by atoms with Crippen LogP contribution in [-0.2, 0) is 18.9 Å². The maximum atomic E-state index is 12.3. The van der Waals surface area contributed by atoms with Gasteiger partial charge in [0.15, 0.2) is 18.4 Å². The van der Waals surface area contributed by atoms with Gasteiger partial charge in [-0.1, -0.05) is 12.1 Å². The van der Waals surface area contributed by atoms with Crippen molar-refractivity contribution in [3.63, 3.8) is 0 Å². The van der Waals surface area contributed by atoms with Gasteiger partial charge >= 0.3 is 0 Å². The number of aliphatic hydroxyl groups is 6. The Balaban J connectivity index is 1.39. The van der Waals surface area contributed by atoms with Crippen molar-refractivity contribution >= 4 is 5.78 Å². The van der Waals surface area contributed by atoms with Crippen LogP contribution in [0, 0.1) is 0 Å². The zero-order valence-corrected chi connectivity index (χ0v) is 17.7. The lowest BCUT2D eigenvalue weighted by molar-refractivity contribution is -0.342. The van der Waals surface area contributed by atoms with Crippen molar-refractivity contribution in [2.24, 2.45) is 0 Å². The predicted molar refractivity (Wildman–Crippen MR) is 106 cm³/mol. The van der Waals surface area contributed by atoms with Crippen LogP contribution in [-0.4, -0.2) is 111 Å². The number of benzene rings is 1. The summed E-state index contributed by atoms with van der Waals surface area (Å²) >= 11 is 0. The summed E-state index contributed by atoms with van der Waals surface area (Å²) in [6.07, 6.45) is -15.4. The van der Waals surface area contributed by atoms with Gasteiger partial charge in [-0.25, -0.2) is 0 Å². The molecular weight excluding hydrogens is 444 g/mol. The SMILES string of the molecule is C[C@@H]1O[C@@H](OCC2OC(OC3CC(=O)c4ccccc4O3)C(O)C(O)C2O)[C@H](O)[C@H](O)[C@H]1O. The van der Waals surface area contributed by atoms with E-state index in [1.807, 2.05) is 0 Å². The number of aliphatic hydroxyl groups excluding tert-OH is 6. The van der Waals surface area contributed by atoms with Crippen LogP contribution in [0.2, 0.25) is 0 Å². The molecule has 3 aliphatic rings. The molecule has 0 aromatic heterocycles. The standard InChI is InChI=1S/C21H28O12/c1-8-14(23)16(25)18(27)20(30-8)29-7-12-15(24)17(26)19(28)21(32-12)33-13-6-10(22)9-4-2-3-5-11(9)31-13/h2-5,8,12-21,23-28H,6-7H2,1H3/t8-,12?,13?,14-,15?,16+,17?,18+,19?,20+,21?/m0/s1. The Morgan fingerprint density at radius 1 is 0.879 bits per heavy atom. The zero-order valence-electron chi connectivity index (χ0n) is 17.7. The first-order valence-electron chi connectivity index (χ1n) is 10.6. The highest BCUT2D eigenvalue weighted by Gasteiger charge is 2.48. The first-order chi connectivity index (χ1) is 15.7. The fraction of sp³-hybridized carbons (Fsp3) is 0.667. The molecule has 3 heterocycles. The Kier molecular flexibility index (Phi) is 7.31. The van der Waals surface area contributed by atoms with Gasteiger partial charge in [0.25, 0.3) is 0 Å². The van der Waals surface area contributed by atoms with Crippen molar-refractivity contribution in [2.45, 2.75) is 81.0 Å². The number of ether oxygens (including phenoxy) is 5. The first kappa shape index (κ1) is 24.4. The van der Waals surface area contributed by atoms with E-state index in [0.717, 1.165) is 0 Å². The number of ketones is 1. The van der Waals surface area contributed by atoms with Crippen LogP contribution >= 0.6 is 0 Å². The van der Waals surface area contributed by atoms with Crippen LogP contribution in [0.15, 0.2) is 24.3 Å². The zero-order chi connectivity index (χ0) is 23.9. The largest absolute Gasteiger partial charge is 0.464 e. The predicted octanol–water partition coefficient (Wildman–Crippen LogP) is -2.35. The third kappa shape index (κ3) is 4.91. The normalized spacial score (nSPS) is 43.6. The molecule has 0 aliphatic carbocycles. The molecule has 11 atom stereocenters. The van der Waals surface area contributed by atoms with Gasteiger partial charge in [-0.3, -0.25) is 4.79 Å². The Hall–Kier alpha value is -1.71. The number of para-hydroxylation sites is 1. The molecule has 4 rings (SSSR count). The van der Waals surface area contributed by atoms with Crippen LogP contribution in [0.25, 0.3) is 0 Å². The van der Waals surface area contributed by atoms with E-state index in [4.69, 9.17) is 23.7 Å². The maximum absolute atomic E-state index is 12.3. The van der Waals surface area contributed by atoms with E-state index in [1.165, 1.54) is 6.92 Å². The van der Waals surface area contributed by atoms with Crippen molar-refractivity contribution in [3.05, 3.63) is 29.8 Å². The van der Waals surface area contributed by atoms with E-state index in [-0.39, 0.29) is 12.2 Å². The minimum atomic E-state index is -1.67. The second-order valence-corrected chi connectivity index (χ2v) is 8.34. The average Bonchev–Trinajstić information content (AvgIpc) is 2.80. The number of Topliss-reactive ketones (excluding diaryl/α,β-unsaturated/α-hetero) is 1. The van der Waals surface area contributed by atoms with Gasteiger partial charge in [-0.05, 0) is 19.1 Å². The smallest absolute Gasteiger partial charge is 0.209 e. The summed E-state index contributed by atoms with van der Waals surface area (Å²) < 4.78 is 27.5. The summed E-state index contributed by atoms with van der Waals surface area (Å²) in [6, 6.07) is 6.60. The monoisotopic (exact) mass is 472 g/mol. The van der Waals surface area contributed by atoms with Gasteiger partial charge in [0.05, 0.1) is 24.7 Å². The Morgan fingerprint density at radius 2 is 1.55 bits per heavy atom. The third-order valence-corrected chi connectivity index (χ3v) is 5.99. The van der Waals surface area contributed by atoms with Crippen LogP contribution in [0.1, 0.15) is 23.7 Å². The van der Waals surface area contributed by atoms with E-state index < -0.39 is 74.3 Å². The molecule has 6 unspecified atom stereocenters. The molecule has 0 amide bonds. The van der Waals surface area contributed by atoms with Gasteiger partial charge in [-0.2, -0.15) is 0 Å². The fourth-order valence-corrected chi connectivity index (χ4v) is 3.98. The van der Waals surface area contributed by atoms with Gasteiger partial charge in [0.2, 0.25) is 6.29 Å². The molecule has 12 heteroatoms. The minimum Gasteiger partial charge on any atom is -0.464 e. The quantitative estimate of drug-likeness (QED) is 0.268. The molecule has 0 bridgehead atoms. The summed E-state index contributed by atoms with van der Waals surface area (Å²) in [4.78, 5) is 12.3. The van der Waals surface area contributed by atoms with Gasteiger partial charge < -0.3 is 54.3 Å². The van der Waals surface area contributed by atoms with E-state index in [1.54, 1.807) is 24.3 Å². The first-order valence-corrected chi connectivity index (χ1v) is 10.6. The molecule has 6 N–H and O–H groups in total. The third-order valence-electron chi connectivity index (χ3n) is 5.99. The Labute approximate surface area is 188 Å². The van der Waals surface area contributed by atoms with Crippen LogP contribution in [0.3, 0.4) is 0 Å². The van der Waals surface area contributed by atoms with Crippen molar-refractivity contribution < 1.29 is 59.1 Å². The number of hydrogen-bond donors (Lipinski definition) is 6. The van der Waals surface area contributed by atoms with E-state index in [9.17, 15) is 35.4 Å². The lowest BCUT2D eigenvalue weighted by Gasteiger charge is -2.43. The highest BCUT2D eigenvalue weighted by Crippen LogP contribution is 2.31. The molecular formula is C21H28O12. The highest BCUT2D eigenvalue weighted by atomic mass is 16.8. The maximum Gasteiger partial charge on any atom is 0.209 e. The molecule has 184 valence electrons. The van der Waals surface area contributed by atoms with Crippen LogP contribution in [0.5, 0.6) is 5.75 Å². The fourth-order valence-electron chi connectivity index (χ4n) is 3.98. The van der Waals surface area contributed by atoms with E-state index in [2.05, 4.69) is 0 Å². The second kappa shape index (κ2) is 9.88. The molecule has 12 nitrogen and oxygen atoms in total. The van der Waals surface area contributed by atoms with Crippen LogP contribution < -0.4 is 4.74 Å². The molecule has 2 saturated heterocycles. The highest BCUT2D eigenvalue weighted by molar-refractivity contribution is 5.99. The molecule has 1 aromatic carbocycles. The molecule has 0 radical (unpaired) electrons. The average molecular weight is 472 g/mol. The van der Waals surface area contributed by atoms with Crippen molar-refractivity contribution in [3.8, 4) is 5.75 Å². The Bertz CT molecular complexity index is 835. The van der Waals surface area contributed by atoms with Crippen molar-refractivity contribution in [1.82, 2.24) is 0 Å². The van der Waals surface area contributed by atoms with Gasteiger partial charge in [-0.15, -0.1) is 0 Å². The Morgan fingerprint density at radius 3 is 2.30 bits per heavy atom. The molecule has 3 aliphatic heterocycles. The summed E-state index contributed by atoms with van der Waals surface area (Å²) in [5.74, 6) is 0.0775. The van der Waals surface area contributed by atoms with Gasteiger partial charge in [0, 0.05) is 0 Å². The molecule has 1 aromatic rings. The molecule has 2 fully saturated rings. The number of rotatable bonds is 5. The molecule has 33 heavy (non-hydrogen) atoms. The minimum absolute atomic E-state index is 0.149. The van der Waals surface area contributed by atoms with E-state index in [0.29, 0.717) is 11.3 Å². The van der Waals surface area contributed by atoms with Crippen molar-refractivity contribution in [2.75, 3.05) is 6.61 Å². The summed E-state index contributed by atoms with van der Waals surface area (Å²) in [5.41, 5.74) is 0.400. The number of hydrogen-bond acceptors (Lipinski definition) is 12. The number of carbonyl (C=O) groups is 1. The summed E-state index contributed by atoms with van der Waals surface area (Å²) in [5, 5.41) is 60.6. The van der Waals surface area contributed by atoms with Gasteiger partial charge in [0.1, 0.15) is 48.5 Å². The van der Waals surface area contributed by atoms with Crippen LogP contribution in [0.4, 0.5) is 0 Å². The molecule has 0 saturated carbocycles. The lowest BCUT2D eigenvalue weighted by Crippen LogP contribution is -2.61. The summed E-state index contributed by atoms with van der Waals surface area (Å²) in [6.45, 7) is 1.06. The lowest BCUT2D eigenvalue weighted by atomic mass is 9.98. The molecule has 0 spiro atoms. The number of fused-ring (bicyclic) bond motifs is 1. The summed E-state index contributed by atoms with van der Waals surface area (Å²) in [7, 11) is 0. The second-order valence-electron chi connectivity index (χ2n) is 8.34. The number of carbonyl (C=O) groups excluding carboxylic acids is 1. The van der Waals surface area contributed by atoms with Crippen molar-refractivity contribution in [1.29, 1.82) is 0 Å². The van der Waals surface area contributed by atoms with E-state index >= 15 is 0 Å². The topological polar surface area (TPSA) is 185 Å².